The van der Waals surface area contributed by atoms with Crippen molar-refractivity contribution in [1.82, 2.24) is 9.80 Å². The highest BCUT2D eigenvalue weighted by atomic mass is 32.1. The Balaban J connectivity index is 1.43. The molecule has 3 heterocycles. The van der Waals surface area contributed by atoms with E-state index in [4.69, 9.17) is 0 Å². The summed E-state index contributed by atoms with van der Waals surface area (Å²) in [4.78, 5) is 31.8. The number of carbonyl (C=O) groups is 2. The normalized spacial score (nSPS) is 24.4. The van der Waals surface area contributed by atoms with Gasteiger partial charge in [-0.3, -0.25) is 9.59 Å². The van der Waals surface area contributed by atoms with Gasteiger partial charge in [0.1, 0.15) is 0 Å². The third kappa shape index (κ3) is 3.48. The highest BCUT2D eigenvalue weighted by molar-refractivity contribution is 7.14. The molecular formula is C20H28N2O2S. The predicted octanol–water partition coefficient (Wildman–Crippen LogP) is 3.35. The number of hydrogen-bond acceptors (Lipinski definition) is 3. The fourth-order valence-corrected chi connectivity index (χ4v) is 5.58. The van der Waals surface area contributed by atoms with Gasteiger partial charge in [0.15, 0.2) is 0 Å². The summed E-state index contributed by atoms with van der Waals surface area (Å²) in [6.07, 6.45) is 7.24. The van der Waals surface area contributed by atoms with E-state index in [2.05, 4.69) is 13.0 Å². The Morgan fingerprint density at radius 3 is 2.48 bits per heavy atom. The van der Waals surface area contributed by atoms with Crippen molar-refractivity contribution in [2.24, 2.45) is 11.8 Å². The number of nitrogens with zero attached hydrogens (tertiary/aromatic N) is 2. The van der Waals surface area contributed by atoms with E-state index >= 15 is 0 Å². The van der Waals surface area contributed by atoms with E-state index in [1.165, 1.54) is 10.4 Å². The number of rotatable bonds is 2. The Morgan fingerprint density at radius 1 is 1.04 bits per heavy atom. The van der Waals surface area contributed by atoms with Gasteiger partial charge in [-0.1, -0.05) is 6.92 Å². The quantitative estimate of drug-likeness (QED) is 0.811. The molecule has 25 heavy (non-hydrogen) atoms. The van der Waals surface area contributed by atoms with Crippen LogP contribution in [0.5, 0.6) is 0 Å². The second kappa shape index (κ2) is 7.10. The Bertz CT molecular complexity index is 655. The smallest absolute Gasteiger partial charge is 0.263 e. The molecule has 2 fully saturated rings. The number of fused-ring (bicyclic) bond motifs is 1. The topological polar surface area (TPSA) is 40.6 Å². The van der Waals surface area contributed by atoms with Crippen molar-refractivity contribution in [3.8, 4) is 0 Å². The van der Waals surface area contributed by atoms with Gasteiger partial charge in [0.05, 0.1) is 4.88 Å². The summed E-state index contributed by atoms with van der Waals surface area (Å²) < 4.78 is 0. The minimum atomic E-state index is 0.124. The van der Waals surface area contributed by atoms with Crippen LogP contribution < -0.4 is 0 Å². The first-order valence-electron chi connectivity index (χ1n) is 9.81. The molecule has 136 valence electrons. The van der Waals surface area contributed by atoms with Crippen molar-refractivity contribution in [1.29, 1.82) is 0 Å². The zero-order valence-corrected chi connectivity index (χ0v) is 15.9. The van der Waals surface area contributed by atoms with Crippen molar-refractivity contribution < 1.29 is 9.59 Å². The monoisotopic (exact) mass is 360 g/mol. The molecule has 2 amide bonds. The van der Waals surface area contributed by atoms with E-state index in [9.17, 15) is 9.59 Å². The lowest BCUT2D eigenvalue weighted by atomic mass is 9.87. The molecule has 4 rings (SSSR count). The van der Waals surface area contributed by atoms with E-state index in [0.29, 0.717) is 5.91 Å². The van der Waals surface area contributed by atoms with Gasteiger partial charge in [0, 0.05) is 37.0 Å². The lowest BCUT2D eigenvalue weighted by molar-refractivity contribution is -0.134. The first kappa shape index (κ1) is 17.1. The number of piperidine rings is 1. The maximum atomic E-state index is 12.8. The van der Waals surface area contributed by atoms with E-state index in [-0.39, 0.29) is 11.8 Å². The molecule has 0 aromatic carbocycles. The number of amides is 2. The van der Waals surface area contributed by atoms with Crippen LogP contribution in [-0.4, -0.2) is 47.8 Å². The molecule has 1 atom stereocenters. The van der Waals surface area contributed by atoms with E-state index in [0.717, 1.165) is 81.9 Å². The third-order valence-electron chi connectivity index (χ3n) is 6.13. The maximum absolute atomic E-state index is 12.8. The molecule has 0 N–H and O–H groups in total. The van der Waals surface area contributed by atoms with Crippen molar-refractivity contribution in [2.45, 2.75) is 51.9 Å². The van der Waals surface area contributed by atoms with Crippen molar-refractivity contribution >= 4 is 23.2 Å². The number of carbonyl (C=O) groups excluding carboxylic acids is 2. The summed E-state index contributed by atoms with van der Waals surface area (Å²) in [5, 5.41) is 0. The van der Waals surface area contributed by atoms with Crippen molar-refractivity contribution in [2.75, 3.05) is 26.2 Å². The average Bonchev–Trinajstić information content (AvgIpc) is 3.30. The van der Waals surface area contributed by atoms with Gasteiger partial charge < -0.3 is 9.80 Å². The van der Waals surface area contributed by atoms with Gasteiger partial charge in [-0.25, -0.2) is 0 Å². The second-order valence-electron chi connectivity index (χ2n) is 8.01. The third-order valence-corrected chi connectivity index (χ3v) is 7.36. The first-order valence-corrected chi connectivity index (χ1v) is 10.6. The van der Waals surface area contributed by atoms with Crippen LogP contribution in [0.4, 0.5) is 0 Å². The van der Waals surface area contributed by atoms with Gasteiger partial charge in [0.25, 0.3) is 5.91 Å². The van der Waals surface area contributed by atoms with Crippen LogP contribution in [0.1, 0.15) is 59.1 Å². The molecule has 1 aliphatic carbocycles. The SMILES string of the molecule is CC1CCN(C(=O)c2cc3c(s2)CC[C@H](C(=O)N2CCCC2)C3)CC1. The fourth-order valence-electron chi connectivity index (χ4n) is 4.40. The Kier molecular flexibility index (Phi) is 4.85. The molecule has 2 saturated heterocycles. The largest absolute Gasteiger partial charge is 0.342 e. The standard InChI is InChI=1S/C20H28N2O2S/c1-14-6-10-22(11-7-14)20(24)18-13-16-12-15(4-5-17(16)25-18)19(23)21-8-2-3-9-21/h13-15H,2-12H2,1H3/t15-/m0/s1. The lowest BCUT2D eigenvalue weighted by Gasteiger charge is -2.29. The van der Waals surface area contributed by atoms with Crippen LogP contribution in [0.3, 0.4) is 0 Å². The van der Waals surface area contributed by atoms with Crippen LogP contribution in [0.15, 0.2) is 6.07 Å². The summed E-state index contributed by atoms with van der Waals surface area (Å²) >= 11 is 1.67. The average molecular weight is 361 g/mol. The Morgan fingerprint density at radius 2 is 1.76 bits per heavy atom. The maximum Gasteiger partial charge on any atom is 0.263 e. The number of hydrogen-bond donors (Lipinski definition) is 0. The molecule has 0 saturated carbocycles. The van der Waals surface area contributed by atoms with Gasteiger partial charge in [-0.15, -0.1) is 11.3 Å². The molecule has 1 aromatic heterocycles. The number of likely N-dealkylation sites (tertiary alicyclic amines) is 2. The first-order chi connectivity index (χ1) is 12.1. The summed E-state index contributed by atoms with van der Waals surface area (Å²) in [6.45, 7) is 5.91. The lowest BCUT2D eigenvalue weighted by Crippen LogP contribution is -2.37. The van der Waals surface area contributed by atoms with E-state index in [1.54, 1.807) is 11.3 Å². The molecule has 0 unspecified atom stereocenters. The molecular weight excluding hydrogens is 332 g/mol. The molecule has 0 bridgehead atoms. The molecule has 4 nitrogen and oxygen atoms in total. The fraction of sp³-hybridized carbons (Fsp3) is 0.700. The molecule has 3 aliphatic rings. The minimum absolute atomic E-state index is 0.124. The highest BCUT2D eigenvalue weighted by Crippen LogP contribution is 2.34. The molecule has 1 aromatic rings. The molecule has 0 radical (unpaired) electrons. The summed E-state index contributed by atoms with van der Waals surface area (Å²) in [5.41, 5.74) is 1.25. The number of aryl methyl sites for hydroxylation is 1. The van der Waals surface area contributed by atoms with Crippen molar-refractivity contribution in [3.63, 3.8) is 0 Å². The van der Waals surface area contributed by atoms with Gasteiger partial charge in [0.2, 0.25) is 5.91 Å². The van der Waals surface area contributed by atoms with Crippen LogP contribution in [0, 0.1) is 11.8 Å². The van der Waals surface area contributed by atoms with Crippen LogP contribution in [-0.2, 0) is 17.6 Å². The van der Waals surface area contributed by atoms with Gasteiger partial charge in [-0.05, 0) is 62.5 Å². The van der Waals surface area contributed by atoms with Crippen LogP contribution >= 0.6 is 11.3 Å². The Hall–Kier alpha value is -1.36. The van der Waals surface area contributed by atoms with Crippen LogP contribution in [0.2, 0.25) is 0 Å². The predicted molar refractivity (Wildman–Crippen MR) is 99.9 cm³/mol. The summed E-state index contributed by atoms with van der Waals surface area (Å²) in [6, 6.07) is 2.09. The summed E-state index contributed by atoms with van der Waals surface area (Å²) in [7, 11) is 0. The van der Waals surface area contributed by atoms with E-state index in [1.807, 2.05) is 9.80 Å². The van der Waals surface area contributed by atoms with Crippen molar-refractivity contribution in [3.05, 3.63) is 21.4 Å². The second-order valence-corrected chi connectivity index (χ2v) is 9.14. The molecule has 2 aliphatic heterocycles. The number of thiophene rings is 1. The van der Waals surface area contributed by atoms with E-state index < -0.39 is 0 Å². The zero-order chi connectivity index (χ0) is 17.4. The highest BCUT2D eigenvalue weighted by Gasteiger charge is 2.32. The van der Waals surface area contributed by atoms with Crippen LogP contribution in [0.25, 0.3) is 0 Å². The molecule has 0 spiro atoms. The minimum Gasteiger partial charge on any atom is -0.342 e. The Labute approximate surface area is 154 Å². The zero-order valence-electron chi connectivity index (χ0n) is 15.1. The van der Waals surface area contributed by atoms with Gasteiger partial charge >= 0.3 is 0 Å². The molecule has 5 heteroatoms. The van der Waals surface area contributed by atoms with Gasteiger partial charge in [-0.2, -0.15) is 0 Å². The summed E-state index contributed by atoms with van der Waals surface area (Å²) in [5.74, 6) is 1.40.